The molecule has 0 spiro atoms. The molecule has 1 aliphatic rings. The van der Waals surface area contributed by atoms with E-state index in [1.54, 1.807) is 6.07 Å². The van der Waals surface area contributed by atoms with Crippen molar-refractivity contribution < 1.29 is 23.7 Å². The number of methoxy groups -OCH3 is 3. The molecule has 8 heteroatoms. The van der Waals surface area contributed by atoms with Crippen LogP contribution < -0.4 is 30.0 Å². The maximum absolute atomic E-state index is 13.2. The summed E-state index contributed by atoms with van der Waals surface area (Å²) >= 11 is 0. The highest BCUT2D eigenvalue weighted by molar-refractivity contribution is 5.99. The number of hydrogen-bond acceptors (Lipinski definition) is 6. The molecule has 33 heavy (non-hydrogen) atoms. The van der Waals surface area contributed by atoms with E-state index in [1.807, 2.05) is 24.3 Å². The van der Waals surface area contributed by atoms with Gasteiger partial charge in [0.05, 0.1) is 26.9 Å². The number of nitrogens with one attached hydrogen (secondary N) is 1. The number of hydrogen-bond donors (Lipinski definition) is 2. The highest BCUT2D eigenvalue weighted by Gasteiger charge is 2.27. The summed E-state index contributed by atoms with van der Waals surface area (Å²) in [6.45, 7) is 0.586. The predicted molar refractivity (Wildman–Crippen MR) is 132 cm³/mol. The molecule has 3 N–H and O–H groups in total. The third-order valence-electron chi connectivity index (χ3n) is 5.79. The quantitative estimate of drug-likeness (QED) is 0.499. The van der Waals surface area contributed by atoms with Crippen LogP contribution in [0.15, 0.2) is 30.3 Å². The van der Waals surface area contributed by atoms with Gasteiger partial charge in [-0.1, -0.05) is 37.8 Å². The summed E-state index contributed by atoms with van der Waals surface area (Å²) in [6.07, 6.45) is 7.46. The largest absolute Gasteiger partial charge is 0.492 e. The summed E-state index contributed by atoms with van der Waals surface area (Å²) in [6, 6.07) is 9.48. The van der Waals surface area contributed by atoms with E-state index in [0.717, 1.165) is 37.7 Å². The van der Waals surface area contributed by atoms with Gasteiger partial charge in [-0.2, -0.15) is 0 Å². The molecular weight excluding hydrogens is 444 g/mol. The number of benzene rings is 2. The monoisotopic (exact) mass is 478 g/mol. The van der Waals surface area contributed by atoms with E-state index in [1.165, 1.54) is 34.2 Å². The molecule has 0 bridgehead atoms. The number of rotatable bonds is 9. The minimum atomic E-state index is -0.210. The SMILES string of the molecule is COc1c(Oc2ccc(CCN)cc2)cc(C(=O)NC2CCCCCC2)c(OC)c1OC.Cl. The number of carbonyl (C=O) groups excluding carboxylic acids is 1. The summed E-state index contributed by atoms with van der Waals surface area (Å²) < 4.78 is 22.8. The third kappa shape index (κ3) is 6.68. The molecule has 2 aromatic rings. The Kier molecular flexibility index (Phi) is 10.6. The predicted octanol–water partition coefficient (Wildman–Crippen LogP) is 4.88. The van der Waals surface area contributed by atoms with Crippen LogP contribution in [0.5, 0.6) is 28.7 Å². The van der Waals surface area contributed by atoms with Crippen LogP contribution in [-0.4, -0.2) is 39.8 Å². The second kappa shape index (κ2) is 13.2. The Labute approximate surface area is 202 Å². The van der Waals surface area contributed by atoms with Gasteiger partial charge < -0.3 is 30.0 Å². The Hall–Kier alpha value is -2.64. The first-order chi connectivity index (χ1) is 15.6. The Morgan fingerprint density at radius 1 is 0.939 bits per heavy atom. The van der Waals surface area contributed by atoms with Crippen molar-refractivity contribution in [3.63, 3.8) is 0 Å². The van der Waals surface area contributed by atoms with Crippen LogP contribution in [0.4, 0.5) is 0 Å². The van der Waals surface area contributed by atoms with Crippen molar-refractivity contribution in [2.24, 2.45) is 5.73 Å². The summed E-state index contributed by atoms with van der Waals surface area (Å²) in [5.41, 5.74) is 7.11. The third-order valence-corrected chi connectivity index (χ3v) is 5.79. The van der Waals surface area contributed by atoms with Crippen LogP contribution in [-0.2, 0) is 6.42 Å². The van der Waals surface area contributed by atoms with E-state index >= 15 is 0 Å². The summed E-state index contributed by atoms with van der Waals surface area (Å²) in [5.74, 6) is 1.78. The van der Waals surface area contributed by atoms with Crippen molar-refractivity contribution in [2.75, 3.05) is 27.9 Å². The lowest BCUT2D eigenvalue weighted by Gasteiger charge is -2.21. The maximum atomic E-state index is 13.2. The normalized spacial score (nSPS) is 13.9. The number of amides is 1. The lowest BCUT2D eigenvalue weighted by Crippen LogP contribution is -2.34. The molecule has 0 unspecified atom stereocenters. The molecule has 0 heterocycles. The highest BCUT2D eigenvalue weighted by atomic mass is 35.5. The minimum absolute atomic E-state index is 0. The van der Waals surface area contributed by atoms with Crippen LogP contribution in [0.1, 0.15) is 54.4 Å². The Morgan fingerprint density at radius 3 is 2.09 bits per heavy atom. The van der Waals surface area contributed by atoms with Gasteiger partial charge in [0.15, 0.2) is 11.5 Å². The van der Waals surface area contributed by atoms with Crippen LogP contribution in [0.25, 0.3) is 0 Å². The van der Waals surface area contributed by atoms with Gasteiger partial charge in [0.1, 0.15) is 5.75 Å². The molecule has 0 aromatic heterocycles. The van der Waals surface area contributed by atoms with Gasteiger partial charge in [-0.25, -0.2) is 0 Å². The van der Waals surface area contributed by atoms with Gasteiger partial charge in [0.25, 0.3) is 5.91 Å². The topological polar surface area (TPSA) is 92.0 Å². The summed E-state index contributed by atoms with van der Waals surface area (Å²) in [4.78, 5) is 13.2. The fraction of sp³-hybridized carbons (Fsp3) is 0.480. The van der Waals surface area contributed by atoms with Gasteiger partial charge in [0, 0.05) is 12.1 Å². The Bertz CT molecular complexity index is 897. The zero-order valence-corrected chi connectivity index (χ0v) is 20.5. The zero-order chi connectivity index (χ0) is 22.9. The van der Waals surface area contributed by atoms with Crippen LogP contribution >= 0.6 is 12.4 Å². The molecule has 1 saturated carbocycles. The number of nitrogens with two attached hydrogens (primary N) is 1. The second-order valence-corrected chi connectivity index (χ2v) is 7.97. The van der Waals surface area contributed by atoms with E-state index in [0.29, 0.717) is 40.9 Å². The average Bonchev–Trinajstić information content (AvgIpc) is 3.08. The summed E-state index contributed by atoms with van der Waals surface area (Å²) in [5, 5.41) is 3.17. The number of halogens is 1. The van der Waals surface area contributed by atoms with Gasteiger partial charge in [-0.3, -0.25) is 4.79 Å². The van der Waals surface area contributed by atoms with Crippen molar-refractivity contribution in [1.29, 1.82) is 0 Å². The zero-order valence-electron chi connectivity index (χ0n) is 19.6. The molecule has 7 nitrogen and oxygen atoms in total. The lowest BCUT2D eigenvalue weighted by atomic mass is 10.1. The molecule has 1 fully saturated rings. The van der Waals surface area contributed by atoms with Crippen LogP contribution in [0, 0.1) is 0 Å². The standard InChI is InChI=1S/C25H34N2O5.ClH/c1-29-22-20(25(28)27-18-8-6-4-5-7-9-18)16-21(23(30-2)24(22)31-3)32-19-12-10-17(11-13-19)14-15-26;/h10-13,16,18H,4-9,14-15,26H2,1-3H3,(H,27,28);1H. The van der Waals surface area contributed by atoms with Crippen molar-refractivity contribution >= 4 is 18.3 Å². The Morgan fingerprint density at radius 2 is 1.55 bits per heavy atom. The average molecular weight is 479 g/mol. The molecule has 182 valence electrons. The second-order valence-electron chi connectivity index (χ2n) is 7.97. The van der Waals surface area contributed by atoms with E-state index in [9.17, 15) is 4.79 Å². The maximum Gasteiger partial charge on any atom is 0.255 e. The van der Waals surface area contributed by atoms with E-state index in [-0.39, 0.29) is 24.4 Å². The molecule has 0 radical (unpaired) electrons. The van der Waals surface area contributed by atoms with E-state index in [2.05, 4.69) is 5.32 Å². The highest BCUT2D eigenvalue weighted by Crippen LogP contribution is 2.48. The smallest absolute Gasteiger partial charge is 0.255 e. The molecule has 3 rings (SSSR count). The van der Waals surface area contributed by atoms with Gasteiger partial charge >= 0.3 is 0 Å². The Balaban J connectivity index is 0.00000385. The molecule has 0 aliphatic heterocycles. The molecule has 0 atom stereocenters. The number of carbonyl (C=O) groups is 1. The molecule has 2 aromatic carbocycles. The van der Waals surface area contributed by atoms with Crippen molar-refractivity contribution in [1.82, 2.24) is 5.32 Å². The van der Waals surface area contributed by atoms with Crippen molar-refractivity contribution in [3.05, 3.63) is 41.5 Å². The fourth-order valence-electron chi connectivity index (χ4n) is 4.13. The van der Waals surface area contributed by atoms with Crippen molar-refractivity contribution in [3.8, 4) is 28.7 Å². The minimum Gasteiger partial charge on any atom is -0.492 e. The number of ether oxygens (including phenoxy) is 4. The van der Waals surface area contributed by atoms with E-state index < -0.39 is 0 Å². The first-order valence-electron chi connectivity index (χ1n) is 11.2. The van der Waals surface area contributed by atoms with Crippen molar-refractivity contribution in [2.45, 2.75) is 51.0 Å². The molecule has 0 saturated heterocycles. The molecular formula is C25H35ClN2O5. The summed E-state index contributed by atoms with van der Waals surface area (Å²) in [7, 11) is 4.55. The van der Waals surface area contributed by atoms with Gasteiger partial charge in [0.2, 0.25) is 11.5 Å². The van der Waals surface area contributed by atoms with Gasteiger partial charge in [-0.05, 0) is 43.5 Å². The first kappa shape index (κ1) is 26.6. The van der Waals surface area contributed by atoms with E-state index in [4.69, 9.17) is 24.7 Å². The van der Waals surface area contributed by atoms with Crippen LogP contribution in [0.3, 0.4) is 0 Å². The first-order valence-corrected chi connectivity index (χ1v) is 11.2. The lowest BCUT2D eigenvalue weighted by molar-refractivity contribution is 0.0929. The molecule has 1 amide bonds. The van der Waals surface area contributed by atoms with Gasteiger partial charge in [-0.15, -0.1) is 12.4 Å². The van der Waals surface area contributed by atoms with Crippen LogP contribution in [0.2, 0.25) is 0 Å². The fourth-order valence-corrected chi connectivity index (χ4v) is 4.13. The molecule has 1 aliphatic carbocycles.